The molecule has 6 nitrogen and oxygen atoms in total. The summed E-state index contributed by atoms with van der Waals surface area (Å²) in [5.41, 5.74) is 7.65. The molecule has 1 atom stereocenters. The number of benzene rings is 3. The Morgan fingerprint density at radius 1 is 0.725 bits per heavy atom. The number of carbonyl (C=O) groups is 3. The van der Waals surface area contributed by atoms with E-state index in [0.29, 0.717) is 41.1 Å². The highest BCUT2D eigenvalue weighted by molar-refractivity contribution is 5.90. The highest BCUT2D eigenvalue weighted by Crippen LogP contribution is 2.45. The normalized spacial score (nSPS) is 13.7. The number of ether oxygens (including phenoxy) is 3. The summed E-state index contributed by atoms with van der Waals surface area (Å²) in [7, 11) is 0. The molecule has 0 fully saturated rings. The van der Waals surface area contributed by atoms with Crippen LogP contribution in [-0.4, -0.2) is 17.9 Å². The molecule has 0 radical (unpaired) electrons. The number of hydrogen-bond donors (Lipinski definition) is 0. The molecule has 0 amide bonds. The van der Waals surface area contributed by atoms with Gasteiger partial charge in [-0.25, -0.2) is 14.4 Å². The molecular weight excluding hydrogens is 504 g/mol. The van der Waals surface area contributed by atoms with Crippen LogP contribution < -0.4 is 9.47 Å². The van der Waals surface area contributed by atoms with Crippen molar-refractivity contribution < 1.29 is 28.6 Å². The zero-order valence-corrected chi connectivity index (χ0v) is 23.3. The third kappa shape index (κ3) is 5.96. The summed E-state index contributed by atoms with van der Waals surface area (Å²) < 4.78 is 16.7. The lowest BCUT2D eigenvalue weighted by molar-refractivity contribution is -0.144. The fourth-order valence-electron chi connectivity index (χ4n) is 4.63. The van der Waals surface area contributed by atoms with E-state index in [1.807, 2.05) is 31.2 Å². The van der Waals surface area contributed by atoms with Crippen molar-refractivity contribution in [3.8, 4) is 33.8 Å². The molecule has 0 aliphatic heterocycles. The topological polar surface area (TPSA) is 78.9 Å². The smallest absolute Gasteiger partial charge is 0.338 e. The highest BCUT2D eigenvalue weighted by atomic mass is 16.6. The summed E-state index contributed by atoms with van der Waals surface area (Å²) in [5, 5.41) is 0. The third-order valence-electron chi connectivity index (χ3n) is 6.71. The first kappa shape index (κ1) is 28.3. The Hall–Kier alpha value is -4.71. The van der Waals surface area contributed by atoms with Gasteiger partial charge in [-0.1, -0.05) is 56.1 Å². The Bertz CT molecular complexity index is 1560. The van der Waals surface area contributed by atoms with E-state index >= 15 is 0 Å². The first-order valence-corrected chi connectivity index (χ1v) is 12.9. The zero-order chi connectivity index (χ0) is 29.1. The van der Waals surface area contributed by atoms with Gasteiger partial charge in [0.05, 0.1) is 0 Å². The van der Waals surface area contributed by atoms with Crippen molar-refractivity contribution in [1.82, 2.24) is 0 Å². The molecule has 3 aromatic carbocycles. The fraction of sp³-hybridized carbons (Fsp3) is 0.206. The van der Waals surface area contributed by atoms with Crippen LogP contribution >= 0.6 is 0 Å². The Morgan fingerprint density at radius 3 is 1.90 bits per heavy atom. The maximum atomic E-state index is 12.4. The van der Waals surface area contributed by atoms with Gasteiger partial charge in [-0.2, -0.15) is 0 Å². The van der Waals surface area contributed by atoms with Gasteiger partial charge in [-0.15, -0.1) is 0 Å². The van der Waals surface area contributed by atoms with Crippen molar-refractivity contribution in [2.45, 2.75) is 46.6 Å². The van der Waals surface area contributed by atoms with Crippen LogP contribution in [0.2, 0.25) is 0 Å². The predicted octanol–water partition coefficient (Wildman–Crippen LogP) is 7.40. The lowest BCUT2D eigenvalue weighted by Crippen LogP contribution is -2.14. The van der Waals surface area contributed by atoms with Crippen LogP contribution in [0.1, 0.15) is 50.0 Å². The molecule has 0 aromatic heterocycles. The van der Waals surface area contributed by atoms with Gasteiger partial charge in [0.15, 0.2) is 0 Å². The molecule has 3 aromatic rings. The number of esters is 3. The standard InChI is InChI=1S/C34H32O6/c1-19(2)32(35)38-25-11-8-23(9-12-25)26-13-10-24(18-22(26)7)27-14-16-29(39-33(36)20(3)4)31-28(27)15-17-30(31)40-34(37)21(5)6/h8-14,16,18,30H,1,3,5,15,17H2,2,4,6-7H3. The SMILES string of the molecule is C=C(C)C(=O)Oc1ccc(-c2ccc(-c3ccc(OC(=O)C(=C)C)c4c3CCC4OC(=O)C(=C)C)cc2C)cc1. The highest BCUT2D eigenvalue weighted by Gasteiger charge is 2.33. The van der Waals surface area contributed by atoms with E-state index in [9.17, 15) is 14.4 Å². The Morgan fingerprint density at radius 2 is 1.30 bits per heavy atom. The van der Waals surface area contributed by atoms with Gasteiger partial charge in [0.1, 0.15) is 17.6 Å². The van der Waals surface area contributed by atoms with E-state index in [4.69, 9.17) is 14.2 Å². The maximum Gasteiger partial charge on any atom is 0.338 e. The first-order valence-electron chi connectivity index (χ1n) is 12.9. The van der Waals surface area contributed by atoms with Gasteiger partial charge in [0, 0.05) is 22.3 Å². The van der Waals surface area contributed by atoms with Crippen molar-refractivity contribution in [2.75, 3.05) is 0 Å². The molecule has 0 N–H and O–H groups in total. The van der Waals surface area contributed by atoms with E-state index in [1.165, 1.54) is 0 Å². The second kappa shape index (κ2) is 11.6. The third-order valence-corrected chi connectivity index (χ3v) is 6.71. The van der Waals surface area contributed by atoms with Crippen LogP contribution in [0.3, 0.4) is 0 Å². The molecule has 0 saturated heterocycles. The molecule has 40 heavy (non-hydrogen) atoms. The van der Waals surface area contributed by atoms with Crippen LogP contribution in [0.5, 0.6) is 11.5 Å². The van der Waals surface area contributed by atoms with Gasteiger partial charge in [0.25, 0.3) is 0 Å². The average Bonchev–Trinajstić information content (AvgIpc) is 3.33. The van der Waals surface area contributed by atoms with E-state index in [1.54, 1.807) is 39.0 Å². The summed E-state index contributed by atoms with van der Waals surface area (Å²) in [6, 6.07) is 17.2. The monoisotopic (exact) mass is 536 g/mol. The second-order valence-corrected chi connectivity index (χ2v) is 10.1. The summed E-state index contributed by atoms with van der Waals surface area (Å²) in [5.74, 6) is -0.660. The first-order chi connectivity index (χ1) is 19.0. The molecule has 0 saturated carbocycles. The summed E-state index contributed by atoms with van der Waals surface area (Å²) >= 11 is 0. The molecule has 6 heteroatoms. The van der Waals surface area contributed by atoms with Crippen molar-refractivity contribution >= 4 is 17.9 Å². The minimum atomic E-state index is -0.551. The molecule has 0 heterocycles. The molecule has 1 aliphatic carbocycles. The molecule has 1 unspecified atom stereocenters. The van der Waals surface area contributed by atoms with Gasteiger partial charge >= 0.3 is 17.9 Å². The molecule has 0 spiro atoms. The Balaban J connectivity index is 1.69. The van der Waals surface area contributed by atoms with E-state index in [-0.39, 0.29) is 5.57 Å². The number of fused-ring (bicyclic) bond motifs is 1. The van der Waals surface area contributed by atoms with Gasteiger partial charge in [0.2, 0.25) is 0 Å². The van der Waals surface area contributed by atoms with Crippen molar-refractivity contribution in [3.63, 3.8) is 0 Å². The largest absolute Gasteiger partial charge is 0.454 e. The molecular formula is C34H32O6. The van der Waals surface area contributed by atoms with Crippen LogP contribution in [0.25, 0.3) is 22.3 Å². The number of rotatable bonds is 8. The van der Waals surface area contributed by atoms with Gasteiger partial charge in [-0.3, -0.25) is 0 Å². The lowest BCUT2D eigenvalue weighted by Gasteiger charge is -2.19. The summed E-state index contributed by atoms with van der Waals surface area (Å²) in [6.45, 7) is 17.8. The average molecular weight is 537 g/mol. The minimum absolute atomic E-state index is 0.277. The van der Waals surface area contributed by atoms with E-state index in [0.717, 1.165) is 33.4 Å². The number of aryl methyl sites for hydroxylation is 1. The van der Waals surface area contributed by atoms with Crippen LogP contribution in [-0.2, 0) is 25.5 Å². The summed E-state index contributed by atoms with van der Waals surface area (Å²) in [6.07, 6.45) is 0.676. The summed E-state index contributed by atoms with van der Waals surface area (Å²) in [4.78, 5) is 36.5. The molecule has 0 bridgehead atoms. The van der Waals surface area contributed by atoms with Crippen molar-refractivity contribution in [3.05, 3.63) is 108 Å². The van der Waals surface area contributed by atoms with Gasteiger partial charge in [-0.05, 0) is 92.1 Å². The number of carbonyl (C=O) groups excluding carboxylic acids is 3. The van der Waals surface area contributed by atoms with Crippen molar-refractivity contribution in [1.29, 1.82) is 0 Å². The van der Waals surface area contributed by atoms with Gasteiger partial charge < -0.3 is 14.2 Å². The lowest BCUT2D eigenvalue weighted by atomic mass is 9.92. The minimum Gasteiger partial charge on any atom is -0.454 e. The predicted molar refractivity (Wildman–Crippen MR) is 155 cm³/mol. The molecule has 204 valence electrons. The molecule has 1 aliphatic rings. The fourth-order valence-corrected chi connectivity index (χ4v) is 4.63. The molecule has 4 rings (SSSR count). The van der Waals surface area contributed by atoms with Crippen LogP contribution in [0.4, 0.5) is 0 Å². The van der Waals surface area contributed by atoms with E-state index in [2.05, 4.69) is 31.9 Å². The number of hydrogen-bond acceptors (Lipinski definition) is 6. The van der Waals surface area contributed by atoms with Crippen molar-refractivity contribution in [2.24, 2.45) is 0 Å². The van der Waals surface area contributed by atoms with E-state index < -0.39 is 24.0 Å². The zero-order valence-electron chi connectivity index (χ0n) is 23.3. The Labute approximate surface area is 234 Å². The van der Waals surface area contributed by atoms with Crippen LogP contribution in [0.15, 0.2) is 91.1 Å². The Kier molecular flexibility index (Phi) is 8.19. The van der Waals surface area contributed by atoms with Crippen LogP contribution in [0, 0.1) is 6.92 Å². The quantitative estimate of drug-likeness (QED) is 0.170. The maximum absolute atomic E-state index is 12.4. The second-order valence-electron chi connectivity index (χ2n) is 10.1.